The van der Waals surface area contributed by atoms with Crippen molar-refractivity contribution in [2.24, 2.45) is 0 Å². The van der Waals surface area contributed by atoms with Gasteiger partial charge in [-0.15, -0.1) is 11.8 Å². The van der Waals surface area contributed by atoms with Gasteiger partial charge in [0.25, 0.3) is 0 Å². The molecule has 0 unspecified atom stereocenters. The molecular weight excluding hydrogens is 298 g/mol. The number of aromatic carboxylic acids is 1. The van der Waals surface area contributed by atoms with Crippen LogP contribution >= 0.6 is 11.8 Å². The first kappa shape index (κ1) is 16.1. The smallest absolute Gasteiger partial charge is 0.335 e. The van der Waals surface area contributed by atoms with Gasteiger partial charge in [-0.05, 0) is 37.3 Å². The summed E-state index contributed by atoms with van der Waals surface area (Å²) in [5.74, 6) is -0.457. The minimum atomic E-state index is -1.01. The van der Waals surface area contributed by atoms with Crippen LogP contribution in [0, 0.1) is 6.92 Å². The van der Waals surface area contributed by atoms with Gasteiger partial charge >= 0.3 is 5.97 Å². The van der Waals surface area contributed by atoms with Gasteiger partial charge in [-0.1, -0.05) is 23.8 Å². The van der Waals surface area contributed by atoms with Crippen molar-refractivity contribution in [1.29, 1.82) is 0 Å². The third-order valence-electron chi connectivity index (χ3n) is 3.01. The molecule has 114 valence electrons. The Morgan fingerprint density at radius 1 is 1.14 bits per heavy atom. The lowest BCUT2D eigenvalue weighted by molar-refractivity contribution is -0.115. The van der Waals surface area contributed by atoms with Crippen LogP contribution in [-0.4, -0.2) is 22.7 Å². The van der Waals surface area contributed by atoms with Crippen molar-refractivity contribution in [1.82, 2.24) is 0 Å². The molecule has 2 aromatic rings. The van der Waals surface area contributed by atoms with Gasteiger partial charge in [-0.2, -0.15) is 0 Å². The van der Waals surface area contributed by atoms with Crippen molar-refractivity contribution in [3.8, 4) is 0 Å². The van der Waals surface area contributed by atoms with Crippen LogP contribution in [0.3, 0.4) is 0 Å². The number of hydrogen-bond donors (Lipinski definition) is 2. The molecule has 0 aliphatic heterocycles. The van der Waals surface area contributed by atoms with Crippen LogP contribution in [-0.2, 0) is 4.79 Å². The minimum absolute atomic E-state index is 0.123. The molecule has 4 nitrogen and oxygen atoms in total. The van der Waals surface area contributed by atoms with Crippen LogP contribution < -0.4 is 5.32 Å². The van der Waals surface area contributed by atoms with Gasteiger partial charge < -0.3 is 10.4 Å². The lowest BCUT2D eigenvalue weighted by Crippen LogP contribution is -2.12. The highest BCUT2D eigenvalue weighted by Gasteiger charge is 2.06. The van der Waals surface area contributed by atoms with E-state index in [1.54, 1.807) is 23.9 Å². The molecule has 0 bridgehead atoms. The van der Waals surface area contributed by atoms with Gasteiger partial charge in [0, 0.05) is 22.8 Å². The molecule has 0 saturated carbocycles. The predicted octanol–water partition coefficient (Wildman–Crippen LogP) is 3.81. The molecular formula is C17H17NO3S. The Kier molecular flexibility index (Phi) is 5.61. The Balaban J connectivity index is 1.81. The quantitative estimate of drug-likeness (QED) is 0.795. The SMILES string of the molecule is Cc1ccc(SCCC(=O)Nc2cccc(C(=O)O)c2)cc1. The molecule has 0 atom stereocenters. The number of nitrogens with one attached hydrogen (secondary N) is 1. The number of aryl methyl sites for hydroxylation is 1. The summed E-state index contributed by atoms with van der Waals surface area (Å²) < 4.78 is 0. The number of thioether (sulfide) groups is 1. The van der Waals surface area contributed by atoms with Crippen LogP contribution in [0.15, 0.2) is 53.4 Å². The number of carboxylic acids is 1. The fraction of sp³-hybridized carbons (Fsp3) is 0.176. The molecule has 22 heavy (non-hydrogen) atoms. The maximum atomic E-state index is 11.9. The average molecular weight is 315 g/mol. The van der Waals surface area contributed by atoms with E-state index in [1.165, 1.54) is 17.7 Å². The molecule has 0 aliphatic carbocycles. The van der Waals surface area contributed by atoms with E-state index in [0.717, 1.165) is 4.90 Å². The number of hydrogen-bond acceptors (Lipinski definition) is 3. The molecule has 0 heterocycles. The average Bonchev–Trinajstić information content (AvgIpc) is 2.49. The first-order chi connectivity index (χ1) is 10.5. The maximum Gasteiger partial charge on any atom is 0.335 e. The molecule has 0 fully saturated rings. The maximum absolute atomic E-state index is 11.9. The third kappa shape index (κ3) is 4.93. The number of rotatable bonds is 6. The van der Waals surface area contributed by atoms with Crippen molar-refractivity contribution in [2.45, 2.75) is 18.2 Å². The number of amides is 1. The van der Waals surface area contributed by atoms with Crippen molar-refractivity contribution in [2.75, 3.05) is 11.1 Å². The van der Waals surface area contributed by atoms with E-state index >= 15 is 0 Å². The molecule has 1 amide bonds. The molecule has 0 aliphatic rings. The number of anilines is 1. The molecule has 2 rings (SSSR count). The first-order valence-corrected chi connectivity index (χ1v) is 7.86. The van der Waals surface area contributed by atoms with E-state index in [4.69, 9.17) is 5.11 Å². The second-order valence-corrected chi connectivity index (χ2v) is 6.01. The second-order valence-electron chi connectivity index (χ2n) is 4.85. The third-order valence-corrected chi connectivity index (χ3v) is 4.03. The zero-order valence-electron chi connectivity index (χ0n) is 12.2. The Hall–Kier alpha value is -2.27. The zero-order valence-corrected chi connectivity index (χ0v) is 13.0. The van der Waals surface area contributed by atoms with Gasteiger partial charge in [-0.3, -0.25) is 4.79 Å². The summed E-state index contributed by atoms with van der Waals surface area (Å²) >= 11 is 1.62. The Labute approximate surface area is 133 Å². The number of carboxylic acid groups (broad SMARTS) is 1. The van der Waals surface area contributed by atoms with E-state index < -0.39 is 5.97 Å². The molecule has 2 N–H and O–H groups in total. The van der Waals surface area contributed by atoms with E-state index in [-0.39, 0.29) is 11.5 Å². The fourth-order valence-corrected chi connectivity index (χ4v) is 2.70. The highest BCUT2D eigenvalue weighted by atomic mass is 32.2. The van der Waals surface area contributed by atoms with E-state index in [9.17, 15) is 9.59 Å². The fourth-order valence-electron chi connectivity index (χ4n) is 1.85. The second kappa shape index (κ2) is 7.66. The van der Waals surface area contributed by atoms with Crippen LogP contribution in [0.2, 0.25) is 0 Å². The van der Waals surface area contributed by atoms with Crippen LogP contribution in [0.5, 0.6) is 0 Å². The number of benzene rings is 2. The van der Waals surface area contributed by atoms with Crippen LogP contribution in [0.1, 0.15) is 22.3 Å². The molecule has 2 aromatic carbocycles. The Morgan fingerprint density at radius 2 is 1.86 bits per heavy atom. The Bertz CT molecular complexity index is 668. The minimum Gasteiger partial charge on any atom is -0.478 e. The van der Waals surface area contributed by atoms with Crippen molar-refractivity contribution in [3.63, 3.8) is 0 Å². The van der Waals surface area contributed by atoms with E-state index in [2.05, 4.69) is 5.32 Å². The van der Waals surface area contributed by atoms with Crippen LogP contribution in [0.25, 0.3) is 0 Å². The summed E-state index contributed by atoms with van der Waals surface area (Å²) in [4.78, 5) is 23.9. The van der Waals surface area contributed by atoms with Crippen LogP contribution in [0.4, 0.5) is 5.69 Å². The lowest BCUT2D eigenvalue weighted by Gasteiger charge is -2.06. The summed E-state index contributed by atoms with van der Waals surface area (Å²) in [6, 6.07) is 14.4. The number of carbonyl (C=O) groups is 2. The molecule has 0 aromatic heterocycles. The van der Waals surface area contributed by atoms with E-state index in [0.29, 0.717) is 17.9 Å². The van der Waals surface area contributed by atoms with Gasteiger partial charge in [0.1, 0.15) is 0 Å². The topological polar surface area (TPSA) is 66.4 Å². The van der Waals surface area contributed by atoms with Gasteiger partial charge in [0.15, 0.2) is 0 Å². The Morgan fingerprint density at radius 3 is 2.55 bits per heavy atom. The van der Waals surface area contributed by atoms with Gasteiger partial charge in [0.2, 0.25) is 5.91 Å². The highest BCUT2D eigenvalue weighted by Crippen LogP contribution is 2.19. The molecule has 0 saturated heterocycles. The first-order valence-electron chi connectivity index (χ1n) is 6.87. The largest absolute Gasteiger partial charge is 0.478 e. The summed E-state index contributed by atoms with van der Waals surface area (Å²) in [7, 11) is 0. The standard InChI is InChI=1S/C17H17NO3S/c1-12-5-7-15(8-6-12)22-10-9-16(19)18-14-4-2-3-13(11-14)17(20)21/h2-8,11H,9-10H2,1H3,(H,18,19)(H,20,21). The predicted molar refractivity (Wildman–Crippen MR) is 88.6 cm³/mol. The molecule has 0 spiro atoms. The van der Waals surface area contributed by atoms with E-state index in [1.807, 2.05) is 31.2 Å². The van der Waals surface area contributed by atoms with Gasteiger partial charge in [-0.25, -0.2) is 4.79 Å². The monoisotopic (exact) mass is 315 g/mol. The van der Waals surface area contributed by atoms with Crippen molar-refractivity contribution < 1.29 is 14.7 Å². The highest BCUT2D eigenvalue weighted by molar-refractivity contribution is 7.99. The summed E-state index contributed by atoms with van der Waals surface area (Å²) in [6.45, 7) is 2.03. The lowest BCUT2D eigenvalue weighted by atomic mass is 10.2. The normalized spacial score (nSPS) is 10.2. The summed E-state index contributed by atoms with van der Waals surface area (Å²) in [6.07, 6.45) is 0.371. The summed E-state index contributed by atoms with van der Waals surface area (Å²) in [5.41, 5.74) is 1.87. The molecule has 0 radical (unpaired) electrons. The van der Waals surface area contributed by atoms with Gasteiger partial charge in [0.05, 0.1) is 5.56 Å². The zero-order chi connectivity index (χ0) is 15.9. The summed E-state index contributed by atoms with van der Waals surface area (Å²) in [5, 5.41) is 11.6. The van der Waals surface area contributed by atoms with Crippen molar-refractivity contribution >= 4 is 29.3 Å². The number of carbonyl (C=O) groups excluding carboxylic acids is 1. The molecule has 5 heteroatoms. The van der Waals surface area contributed by atoms with Crippen molar-refractivity contribution in [3.05, 3.63) is 59.7 Å².